The molecule has 18 heavy (non-hydrogen) atoms. The monoisotopic (exact) mass is 261 g/mol. The Kier molecular flexibility index (Phi) is 4.39. The number of likely N-dealkylation sites (N-methyl/N-ethyl adjacent to an activating group) is 1. The number of thiophene rings is 1. The molecule has 1 aromatic carbocycles. The summed E-state index contributed by atoms with van der Waals surface area (Å²) in [6.45, 7) is 2.11. The number of ether oxygens (including phenoxy) is 1. The van der Waals surface area contributed by atoms with Gasteiger partial charge in [0, 0.05) is 11.6 Å². The largest absolute Gasteiger partial charge is 0.496 e. The minimum Gasteiger partial charge on any atom is -0.496 e. The third kappa shape index (κ3) is 2.92. The van der Waals surface area contributed by atoms with Crippen LogP contribution < -0.4 is 10.1 Å². The quantitative estimate of drug-likeness (QED) is 0.888. The Labute approximate surface area is 113 Å². The first-order valence-corrected chi connectivity index (χ1v) is 7.01. The van der Waals surface area contributed by atoms with Gasteiger partial charge >= 0.3 is 0 Å². The molecule has 0 aliphatic carbocycles. The second-order valence-corrected chi connectivity index (χ2v) is 5.20. The Morgan fingerprint density at radius 2 is 2.17 bits per heavy atom. The minimum atomic E-state index is 0.287. The Balaban J connectivity index is 2.28. The van der Waals surface area contributed by atoms with E-state index in [-0.39, 0.29) is 6.04 Å². The molecule has 0 amide bonds. The lowest BCUT2D eigenvalue weighted by atomic mass is 9.98. The summed E-state index contributed by atoms with van der Waals surface area (Å²) in [5.74, 6) is 0.954. The van der Waals surface area contributed by atoms with Crippen molar-refractivity contribution in [1.29, 1.82) is 0 Å². The van der Waals surface area contributed by atoms with Crippen LogP contribution in [0.4, 0.5) is 0 Å². The standard InChI is InChI=1S/C15H19NOS/c1-11-4-5-15(17-3)13(8-11)14(16-2)9-12-6-7-18-10-12/h4-8,10,14,16H,9H2,1-3H3. The maximum Gasteiger partial charge on any atom is 0.123 e. The maximum absolute atomic E-state index is 5.46. The van der Waals surface area contributed by atoms with Crippen molar-refractivity contribution < 1.29 is 4.74 Å². The number of rotatable bonds is 5. The van der Waals surface area contributed by atoms with E-state index < -0.39 is 0 Å². The van der Waals surface area contributed by atoms with Gasteiger partial charge < -0.3 is 10.1 Å². The Morgan fingerprint density at radius 1 is 1.33 bits per heavy atom. The van der Waals surface area contributed by atoms with E-state index >= 15 is 0 Å². The summed E-state index contributed by atoms with van der Waals surface area (Å²) in [5, 5.41) is 7.70. The van der Waals surface area contributed by atoms with Crippen LogP contribution in [0.25, 0.3) is 0 Å². The highest BCUT2D eigenvalue weighted by Crippen LogP contribution is 2.28. The molecule has 3 heteroatoms. The molecule has 1 aromatic heterocycles. The molecule has 2 rings (SSSR count). The average Bonchev–Trinajstić information content (AvgIpc) is 2.88. The fourth-order valence-electron chi connectivity index (χ4n) is 2.14. The van der Waals surface area contributed by atoms with Crippen molar-refractivity contribution in [2.24, 2.45) is 0 Å². The predicted molar refractivity (Wildman–Crippen MR) is 77.6 cm³/mol. The molecule has 0 aliphatic rings. The van der Waals surface area contributed by atoms with Crippen LogP contribution in [0, 0.1) is 6.92 Å². The van der Waals surface area contributed by atoms with Crippen LogP contribution >= 0.6 is 11.3 Å². The van der Waals surface area contributed by atoms with Crippen LogP contribution in [0.2, 0.25) is 0 Å². The Hall–Kier alpha value is -1.32. The SMILES string of the molecule is CNC(Cc1ccsc1)c1cc(C)ccc1OC. The maximum atomic E-state index is 5.46. The van der Waals surface area contributed by atoms with Gasteiger partial charge in [-0.05, 0) is 48.8 Å². The molecule has 1 heterocycles. The second-order valence-electron chi connectivity index (χ2n) is 4.42. The van der Waals surface area contributed by atoms with E-state index in [0.29, 0.717) is 0 Å². The van der Waals surface area contributed by atoms with Gasteiger partial charge in [0.15, 0.2) is 0 Å². The Morgan fingerprint density at radius 3 is 2.78 bits per heavy atom. The molecule has 0 bridgehead atoms. The summed E-state index contributed by atoms with van der Waals surface area (Å²) in [5.41, 5.74) is 3.85. The molecule has 0 radical (unpaired) electrons. The molecule has 2 aromatic rings. The zero-order valence-electron chi connectivity index (χ0n) is 11.1. The number of hydrogen-bond acceptors (Lipinski definition) is 3. The van der Waals surface area contributed by atoms with Crippen molar-refractivity contribution in [3.8, 4) is 5.75 Å². The fraction of sp³-hybridized carbons (Fsp3) is 0.333. The van der Waals surface area contributed by atoms with Crippen molar-refractivity contribution in [3.63, 3.8) is 0 Å². The van der Waals surface area contributed by atoms with Crippen LogP contribution in [0.15, 0.2) is 35.0 Å². The number of methoxy groups -OCH3 is 1. The summed E-state index contributed by atoms with van der Waals surface area (Å²) in [4.78, 5) is 0. The molecule has 96 valence electrons. The third-order valence-corrected chi connectivity index (χ3v) is 3.86. The summed E-state index contributed by atoms with van der Waals surface area (Å²) in [6.07, 6.45) is 0.986. The molecule has 0 fully saturated rings. The number of nitrogens with one attached hydrogen (secondary N) is 1. The van der Waals surface area contributed by atoms with Crippen molar-refractivity contribution >= 4 is 11.3 Å². The van der Waals surface area contributed by atoms with Gasteiger partial charge in [-0.25, -0.2) is 0 Å². The number of hydrogen-bond donors (Lipinski definition) is 1. The normalized spacial score (nSPS) is 12.4. The van der Waals surface area contributed by atoms with E-state index in [4.69, 9.17) is 4.74 Å². The van der Waals surface area contributed by atoms with Crippen molar-refractivity contribution in [1.82, 2.24) is 5.32 Å². The summed E-state index contributed by atoms with van der Waals surface area (Å²) < 4.78 is 5.46. The topological polar surface area (TPSA) is 21.3 Å². The van der Waals surface area contributed by atoms with Crippen LogP contribution in [-0.4, -0.2) is 14.2 Å². The van der Waals surface area contributed by atoms with Gasteiger partial charge in [-0.2, -0.15) is 11.3 Å². The lowest BCUT2D eigenvalue weighted by molar-refractivity contribution is 0.401. The third-order valence-electron chi connectivity index (χ3n) is 3.13. The van der Waals surface area contributed by atoms with Gasteiger partial charge in [-0.3, -0.25) is 0 Å². The summed E-state index contributed by atoms with van der Waals surface area (Å²) >= 11 is 1.74. The van der Waals surface area contributed by atoms with E-state index in [0.717, 1.165) is 12.2 Å². The molecule has 0 saturated carbocycles. The van der Waals surface area contributed by atoms with Gasteiger partial charge in [0.05, 0.1) is 7.11 Å². The summed E-state index contributed by atoms with van der Waals surface area (Å²) in [6, 6.07) is 8.79. The highest BCUT2D eigenvalue weighted by molar-refractivity contribution is 7.07. The molecule has 1 atom stereocenters. The van der Waals surface area contributed by atoms with Crippen LogP contribution in [0.1, 0.15) is 22.7 Å². The van der Waals surface area contributed by atoms with E-state index in [9.17, 15) is 0 Å². The molecule has 2 nitrogen and oxygen atoms in total. The highest BCUT2D eigenvalue weighted by Gasteiger charge is 2.15. The molecular weight excluding hydrogens is 242 g/mol. The second kappa shape index (κ2) is 6.03. The average molecular weight is 261 g/mol. The molecule has 0 aliphatic heterocycles. The fourth-order valence-corrected chi connectivity index (χ4v) is 2.82. The van der Waals surface area contributed by atoms with Gasteiger partial charge in [0.2, 0.25) is 0 Å². The molecular formula is C15H19NOS. The first-order chi connectivity index (χ1) is 8.74. The van der Waals surface area contributed by atoms with Gasteiger partial charge in [-0.1, -0.05) is 17.7 Å². The van der Waals surface area contributed by atoms with Crippen molar-refractivity contribution in [3.05, 3.63) is 51.7 Å². The van der Waals surface area contributed by atoms with Crippen LogP contribution in [0.3, 0.4) is 0 Å². The van der Waals surface area contributed by atoms with Gasteiger partial charge in [0.25, 0.3) is 0 Å². The van der Waals surface area contributed by atoms with Crippen LogP contribution in [-0.2, 0) is 6.42 Å². The van der Waals surface area contributed by atoms with Crippen molar-refractivity contribution in [2.75, 3.05) is 14.2 Å². The van der Waals surface area contributed by atoms with E-state index in [1.165, 1.54) is 16.7 Å². The summed E-state index contributed by atoms with van der Waals surface area (Å²) in [7, 11) is 3.73. The first-order valence-electron chi connectivity index (χ1n) is 6.07. The smallest absolute Gasteiger partial charge is 0.123 e. The first kappa shape index (κ1) is 13.1. The van der Waals surface area contributed by atoms with E-state index in [1.807, 2.05) is 13.1 Å². The predicted octanol–water partition coefficient (Wildman–Crippen LogP) is 3.57. The molecule has 0 saturated heterocycles. The lowest BCUT2D eigenvalue weighted by Crippen LogP contribution is -2.19. The molecule has 1 N–H and O–H groups in total. The van der Waals surface area contributed by atoms with Gasteiger partial charge in [0.1, 0.15) is 5.75 Å². The zero-order chi connectivity index (χ0) is 13.0. The van der Waals surface area contributed by atoms with Crippen molar-refractivity contribution in [2.45, 2.75) is 19.4 Å². The Bertz CT molecular complexity index is 493. The lowest BCUT2D eigenvalue weighted by Gasteiger charge is -2.19. The van der Waals surface area contributed by atoms with E-state index in [1.54, 1.807) is 18.4 Å². The highest BCUT2D eigenvalue weighted by atomic mass is 32.1. The number of benzene rings is 1. The molecule has 0 spiro atoms. The van der Waals surface area contributed by atoms with Crippen LogP contribution in [0.5, 0.6) is 5.75 Å². The zero-order valence-corrected chi connectivity index (χ0v) is 11.9. The van der Waals surface area contributed by atoms with Gasteiger partial charge in [-0.15, -0.1) is 0 Å². The number of aryl methyl sites for hydroxylation is 1. The van der Waals surface area contributed by atoms with E-state index in [2.05, 4.69) is 41.2 Å². The molecule has 1 unspecified atom stereocenters. The minimum absolute atomic E-state index is 0.287.